The lowest BCUT2D eigenvalue weighted by Crippen LogP contribution is -2.48. The van der Waals surface area contributed by atoms with Gasteiger partial charge in [0, 0.05) is 5.54 Å². The van der Waals surface area contributed by atoms with Gasteiger partial charge in [0.05, 0.1) is 5.75 Å². The summed E-state index contributed by atoms with van der Waals surface area (Å²) >= 11 is 0. The molecule has 0 aliphatic heterocycles. The molecule has 6 heteroatoms. The van der Waals surface area contributed by atoms with Gasteiger partial charge in [0.2, 0.25) is 10.0 Å². The number of carbonyl (C=O) groups is 1. The van der Waals surface area contributed by atoms with Crippen molar-refractivity contribution in [3.63, 3.8) is 0 Å². The van der Waals surface area contributed by atoms with E-state index in [1.165, 1.54) is 6.92 Å². The van der Waals surface area contributed by atoms with E-state index in [-0.39, 0.29) is 5.75 Å². The summed E-state index contributed by atoms with van der Waals surface area (Å²) in [5, 5.41) is 8.60. The van der Waals surface area contributed by atoms with Crippen molar-refractivity contribution in [3.8, 4) is 0 Å². The highest BCUT2D eigenvalue weighted by atomic mass is 32.2. The summed E-state index contributed by atoms with van der Waals surface area (Å²) in [6.07, 6.45) is 0. The molecule has 0 heterocycles. The highest BCUT2D eigenvalue weighted by Crippen LogP contribution is 2.17. The van der Waals surface area contributed by atoms with Crippen LogP contribution in [-0.2, 0) is 14.8 Å². The Labute approximate surface area is 84.8 Å². The Morgan fingerprint density at radius 3 is 2.00 bits per heavy atom. The van der Waals surface area contributed by atoms with Gasteiger partial charge >= 0.3 is 5.97 Å². The predicted octanol–water partition coefficient (Wildman–Crippen LogP) is 0.521. The van der Waals surface area contributed by atoms with E-state index in [0.717, 1.165) is 4.31 Å². The molecule has 0 radical (unpaired) electrons. The Hall–Kier alpha value is -0.620. The summed E-state index contributed by atoms with van der Waals surface area (Å²) < 4.78 is 24.1. The van der Waals surface area contributed by atoms with Crippen molar-refractivity contribution in [2.24, 2.45) is 0 Å². The van der Waals surface area contributed by atoms with Gasteiger partial charge < -0.3 is 5.11 Å². The molecule has 0 aromatic rings. The molecule has 0 aliphatic carbocycles. The number of hydrogen-bond acceptors (Lipinski definition) is 3. The molecule has 0 atom stereocenters. The quantitative estimate of drug-likeness (QED) is 0.754. The van der Waals surface area contributed by atoms with Gasteiger partial charge in [-0.15, -0.1) is 0 Å². The Morgan fingerprint density at radius 2 is 1.79 bits per heavy atom. The van der Waals surface area contributed by atoms with E-state index in [1.54, 1.807) is 20.8 Å². The van der Waals surface area contributed by atoms with Crippen molar-refractivity contribution in [1.29, 1.82) is 0 Å². The van der Waals surface area contributed by atoms with Gasteiger partial charge in [-0.1, -0.05) is 0 Å². The summed E-state index contributed by atoms with van der Waals surface area (Å²) in [5.74, 6) is -1.23. The van der Waals surface area contributed by atoms with E-state index in [2.05, 4.69) is 0 Å². The smallest absolute Gasteiger partial charge is 0.318 e. The number of hydrogen-bond donors (Lipinski definition) is 1. The molecule has 0 fully saturated rings. The zero-order valence-corrected chi connectivity index (χ0v) is 9.76. The number of carboxylic acid groups (broad SMARTS) is 1. The van der Waals surface area contributed by atoms with Crippen molar-refractivity contribution in [2.75, 3.05) is 12.3 Å². The molecule has 0 rings (SSSR count). The van der Waals surface area contributed by atoms with Crippen molar-refractivity contribution in [3.05, 3.63) is 0 Å². The number of aliphatic carboxylic acids is 1. The van der Waals surface area contributed by atoms with Crippen LogP contribution in [0.3, 0.4) is 0 Å². The fourth-order valence-electron chi connectivity index (χ4n) is 1.03. The maximum atomic E-state index is 11.5. The SMILES string of the molecule is CCS(=O)(=O)N(CC(=O)O)C(C)(C)C. The van der Waals surface area contributed by atoms with E-state index in [1.807, 2.05) is 0 Å². The highest BCUT2D eigenvalue weighted by molar-refractivity contribution is 7.89. The third kappa shape index (κ3) is 3.63. The second kappa shape index (κ2) is 4.27. The van der Waals surface area contributed by atoms with Crippen LogP contribution in [0, 0.1) is 0 Å². The highest BCUT2D eigenvalue weighted by Gasteiger charge is 2.32. The lowest BCUT2D eigenvalue weighted by atomic mass is 10.1. The average Bonchev–Trinajstić information content (AvgIpc) is 1.98. The van der Waals surface area contributed by atoms with Crippen LogP contribution in [0.1, 0.15) is 27.7 Å². The van der Waals surface area contributed by atoms with Crippen molar-refractivity contribution in [1.82, 2.24) is 4.31 Å². The summed E-state index contributed by atoms with van der Waals surface area (Å²) in [7, 11) is -3.46. The second-order valence-corrected chi connectivity index (χ2v) is 6.15. The summed E-state index contributed by atoms with van der Waals surface area (Å²) in [4.78, 5) is 10.5. The first-order valence-corrected chi connectivity index (χ1v) is 5.94. The Bertz CT molecular complexity index is 302. The number of nitrogens with zero attached hydrogens (tertiary/aromatic N) is 1. The zero-order valence-electron chi connectivity index (χ0n) is 8.94. The predicted molar refractivity (Wildman–Crippen MR) is 53.6 cm³/mol. The fraction of sp³-hybridized carbons (Fsp3) is 0.875. The van der Waals surface area contributed by atoms with Crippen LogP contribution in [0.15, 0.2) is 0 Å². The van der Waals surface area contributed by atoms with Crippen molar-refractivity contribution < 1.29 is 18.3 Å². The maximum absolute atomic E-state index is 11.5. The Morgan fingerprint density at radius 1 is 1.36 bits per heavy atom. The molecule has 0 unspecified atom stereocenters. The monoisotopic (exact) mass is 223 g/mol. The largest absolute Gasteiger partial charge is 0.480 e. The molecule has 0 aromatic heterocycles. The minimum absolute atomic E-state index is 0.0858. The van der Waals surface area contributed by atoms with E-state index < -0.39 is 28.1 Å². The molecule has 5 nitrogen and oxygen atoms in total. The second-order valence-electron chi connectivity index (χ2n) is 3.97. The molecule has 84 valence electrons. The Balaban J connectivity index is 5.03. The third-order valence-corrected chi connectivity index (χ3v) is 3.81. The number of sulfonamides is 1. The lowest BCUT2D eigenvalue weighted by molar-refractivity contribution is -0.138. The first kappa shape index (κ1) is 13.4. The van der Waals surface area contributed by atoms with E-state index in [4.69, 9.17) is 5.11 Å². The average molecular weight is 223 g/mol. The molecule has 0 amide bonds. The molecular formula is C8H17NO4S. The van der Waals surface area contributed by atoms with Gasteiger partial charge in [-0.05, 0) is 27.7 Å². The Kier molecular flexibility index (Phi) is 4.08. The molecule has 1 N–H and O–H groups in total. The maximum Gasteiger partial charge on any atom is 0.318 e. The van der Waals surface area contributed by atoms with E-state index in [0.29, 0.717) is 0 Å². The molecule has 0 saturated heterocycles. The lowest BCUT2D eigenvalue weighted by Gasteiger charge is -2.32. The minimum Gasteiger partial charge on any atom is -0.480 e. The molecule has 14 heavy (non-hydrogen) atoms. The van der Waals surface area contributed by atoms with Crippen LogP contribution in [0.5, 0.6) is 0 Å². The normalized spacial score (nSPS) is 13.2. The molecule has 0 saturated carbocycles. The standard InChI is InChI=1S/C8H17NO4S/c1-5-14(12,13)9(6-7(10)11)8(2,3)4/h5-6H2,1-4H3,(H,10,11). The van der Waals surface area contributed by atoms with Gasteiger partial charge in [0.15, 0.2) is 0 Å². The van der Waals surface area contributed by atoms with Crippen LogP contribution in [0.4, 0.5) is 0 Å². The minimum atomic E-state index is -3.46. The van der Waals surface area contributed by atoms with Gasteiger partial charge in [-0.2, -0.15) is 4.31 Å². The molecular weight excluding hydrogens is 206 g/mol. The summed E-state index contributed by atoms with van der Waals surface area (Å²) in [5.41, 5.74) is -0.701. The molecule has 0 bridgehead atoms. The first-order valence-electron chi connectivity index (χ1n) is 4.33. The molecule has 0 spiro atoms. The van der Waals surface area contributed by atoms with Crippen LogP contribution >= 0.6 is 0 Å². The van der Waals surface area contributed by atoms with Crippen LogP contribution in [0.2, 0.25) is 0 Å². The van der Waals surface area contributed by atoms with Crippen LogP contribution in [-0.4, -0.2) is 41.6 Å². The third-order valence-electron chi connectivity index (χ3n) is 1.73. The summed E-state index contributed by atoms with van der Waals surface area (Å²) in [6.45, 7) is 6.02. The van der Waals surface area contributed by atoms with Gasteiger partial charge in [-0.3, -0.25) is 4.79 Å². The molecule has 0 aromatic carbocycles. The van der Waals surface area contributed by atoms with Crippen LogP contribution < -0.4 is 0 Å². The van der Waals surface area contributed by atoms with Crippen molar-refractivity contribution in [2.45, 2.75) is 33.2 Å². The van der Waals surface area contributed by atoms with Crippen molar-refractivity contribution >= 4 is 16.0 Å². The van der Waals surface area contributed by atoms with Gasteiger partial charge in [0.1, 0.15) is 6.54 Å². The van der Waals surface area contributed by atoms with Crippen LogP contribution in [0.25, 0.3) is 0 Å². The van der Waals surface area contributed by atoms with Gasteiger partial charge in [-0.25, -0.2) is 8.42 Å². The summed E-state index contributed by atoms with van der Waals surface area (Å²) in [6, 6.07) is 0. The van der Waals surface area contributed by atoms with Gasteiger partial charge in [0.25, 0.3) is 0 Å². The first-order chi connectivity index (χ1) is 6.11. The number of rotatable bonds is 4. The topological polar surface area (TPSA) is 74.7 Å². The number of carboxylic acids is 1. The van der Waals surface area contributed by atoms with E-state index in [9.17, 15) is 13.2 Å². The fourth-order valence-corrected chi connectivity index (χ4v) is 2.48. The zero-order chi connectivity index (χ0) is 11.6. The van der Waals surface area contributed by atoms with E-state index >= 15 is 0 Å². The molecule has 0 aliphatic rings.